The van der Waals surface area contributed by atoms with Gasteiger partial charge >= 0.3 is 6.18 Å². The standard InChI is InChI=1S/C17H15F4N3O5S2/c1-9-23-14(17(19,20)21)15(30-9)31(27,28)24-6-13(16(26,7-24)8-25)29-10-3-4-12(22-2)11(18)5-10/h3-5,13,25-26H,6-8H2,1H3/t13-,16+/m0/s1. The van der Waals surface area contributed by atoms with Crippen molar-refractivity contribution in [3.05, 3.63) is 46.1 Å². The van der Waals surface area contributed by atoms with Gasteiger partial charge in [0.15, 0.2) is 9.90 Å². The molecule has 2 heterocycles. The average molecular weight is 481 g/mol. The molecule has 0 bridgehead atoms. The molecular weight excluding hydrogens is 466 g/mol. The summed E-state index contributed by atoms with van der Waals surface area (Å²) in [6, 6.07) is 3.16. The molecule has 31 heavy (non-hydrogen) atoms. The van der Waals surface area contributed by atoms with Crippen molar-refractivity contribution in [1.29, 1.82) is 0 Å². The lowest BCUT2D eigenvalue weighted by atomic mass is 10.0. The Hall–Kier alpha value is -2.31. The summed E-state index contributed by atoms with van der Waals surface area (Å²) >= 11 is 0.331. The lowest BCUT2D eigenvalue weighted by Crippen LogP contribution is -2.48. The van der Waals surface area contributed by atoms with Crippen LogP contribution in [-0.4, -0.2) is 59.3 Å². The van der Waals surface area contributed by atoms with Gasteiger partial charge in [0.25, 0.3) is 10.0 Å². The molecule has 0 amide bonds. The number of aromatic nitrogens is 1. The monoisotopic (exact) mass is 481 g/mol. The van der Waals surface area contributed by atoms with E-state index in [1.165, 1.54) is 13.0 Å². The Labute approximate surface area is 178 Å². The first-order valence-corrected chi connectivity index (χ1v) is 10.8. The van der Waals surface area contributed by atoms with Crippen LogP contribution < -0.4 is 4.74 Å². The molecule has 0 spiro atoms. The van der Waals surface area contributed by atoms with Crippen molar-refractivity contribution in [2.24, 2.45) is 0 Å². The molecule has 1 aromatic heterocycles. The van der Waals surface area contributed by atoms with Crippen LogP contribution in [0.1, 0.15) is 10.7 Å². The summed E-state index contributed by atoms with van der Waals surface area (Å²) in [6.07, 6.45) is -6.44. The normalized spacial score (nSPS) is 22.5. The van der Waals surface area contributed by atoms with Crippen molar-refractivity contribution >= 4 is 27.0 Å². The molecule has 2 atom stereocenters. The highest BCUT2D eigenvalue weighted by molar-refractivity contribution is 7.91. The zero-order chi connectivity index (χ0) is 23.2. The van der Waals surface area contributed by atoms with E-state index in [2.05, 4.69) is 9.83 Å². The van der Waals surface area contributed by atoms with Crippen LogP contribution in [0.5, 0.6) is 5.75 Å². The highest BCUT2D eigenvalue weighted by atomic mass is 32.2. The molecule has 1 aromatic carbocycles. The fraction of sp³-hybridized carbons (Fsp3) is 0.412. The van der Waals surface area contributed by atoms with E-state index in [0.717, 1.165) is 12.1 Å². The molecule has 168 valence electrons. The van der Waals surface area contributed by atoms with Gasteiger partial charge in [0.2, 0.25) is 5.69 Å². The number of rotatable bonds is 5. The van der Waals surface area contributed by atoms with Gasteiger partial charge in [-0.2, -0.15) is 17.5 Å². The Balaban J connectivity index is 1.93. The molecule has 0 unspecified atom stereocenters. The molecule has 2 aromatic rings. The number of ether oxygens (including phenoxy) is 1. The SMILES string of the molecule is [C-]#[N+]c1ccc(O[C@H]2CN(S(=O)(=O)c3sc(C)nc3C(F)(F)F)C[C@@]2(O)CO)cc1F. The van der Waals surface area contributed by atoms with Crippen LogP contribution in [0.3, 0.4) is 0 Å². The first kappa shape index (κ1) is 23.4. The highest BCUT2D eigenvalue weighted by Crippen LogP contribution is 2.40. The summed E-state index contributed by atoms with van der Waals surface area (Å²) in [4.78, 5) is 6.21. The second kappa shape index (κ2) is 7.99. The number of nitrogens with zero attached hydrogens (tertiary/aromatic N) is 3. The molecule has 3 rings (SSSR count). The minimum absolute atomic E-state index is 0.120. The predicted octanol–water partition coefficient (Wildman–Crippen LogP) is 2.34. The molecule has 0 radical (unpaired) electrons. The number of aliphatic hydroxyl groups excluding tert-OH is 1. The number of hydrogen-bond donors (Lipinski definition) is 2. The molecule has 8 nitrogen and oxygen atoms in total. The number of alkyl halides is 3. The summed E-state index contributed by atoms with van der Waals surface area (Å²) in [7, 11) is -4.75. The summed E-state index contributed by atoms with van der Waals surface area (Å²) < 4.78 is 84.3. The van der Waals surface area contributed by atoms with Crippen LogP contribution in [0, 0.1) is 19.3 Å². The molecule has 0 saturated carbocycles. The van der Waals surface area contributed by atoms with Crippen LogP contribution in [0.2, 0.25) is 0 Å². The Kier molecular flexibility index (Phi) is 6.02. The lowest BCUT2D eigenvalue weighted by molar-refractivity contribution is -0.143. The minimum atomic E-state index is -5.02. The largest absolute Gasteiger partial charge is 0.486 e. The van der Waals surface area contributed by atoms with Gasteiger partial charge in [-0.1, -0.05) is 0 Å². The smallest absolute Gasteiger partial charge is 0.435 e. The highest BCUT2D eigenvalue weighted by Gasteiger charge is 2.53. The van der Waals surface area contributed by atoms with E-state index in [1.807, 2.05) is 0 Å². The van der Waals surface area contributed by atoms with Gasteiger partial charge in [-0.25, -0.2) is 22.6 Å². The number of aliphatic hydroxyl groups is 2. The van der Waals surface area contributed by atoms with Crippen LogP contribution in [0.15, 0.2) is 22.4 Å². The zero-order valence-corrected chi connectivity index (χ0v) is 17.4. The third-order valence-electron chi connectivity index (χ3n) is 4.56. The molecule has 14 heteroatoms. The Morgan fingerprint density at radius 3 is 2.68 bits per heavy atom. The van der Waals surface area contributed by atoms with Gasteiger partial charge in [0.1, 0.15) is 23.3 Å². The maximum absolute atomic E-state index is 13.8. The quantitative estimate of drug-likeness (QED) is 0.502. The fourth-order valence-electron chi connectivity index (χ4n) is 3.00. The minimum Gasteiger partial charge on any atom is -0.486 e. The van der Waals surface area contributed by atoms with E-state index in [9.17, 15) is 36.2 Å². The number of β-amino-alcohol motifs (C(OH)–C–C–N with tert-alkyl or cyclic N) is 1. The van der Waals surface area contributed by atoms with Gasteiger partial charge in [0, 0.05) is 12.6 Å². The van der Waals surface area contributed by atoms with E-state index in [4.69, 9.17) is 11.3 Å². The Bertz CT molecular complexity index is 1150. The van der Waals surface area contributed by atoms with Crippen LogP contribution >= 0.6 is 11.3 Å². The topological polar surface area (TPSA) is 104 Å². The molecule has 0 aliphatic carbocycles. The van der Waals surface area contributed by atoms with Crippen molar-refractivity contribution < 1.29 is 40.9 Å². The second-order valence-corrected chi connectivity index (χ2v) is 10.1. The lowest BCUT2D eigenvalue weighted by Gasteiger charge is -2.27. The van der Waals surface area contributed by atoms with E-state index in [-0.39, 0.29) is 16.4 Å². The number of aryl methyl sites for hydroxylation is 1. The van der Waals surface area contributed by atoms with Crippen molar-refractivity contribution in [1.82, 2.24) is 9.29 Å². The molecule has 1 aliphatic heterocycles. The fourth-order valence-corrected chi connectivity index (χ4v) is 6.13. The molecule has 1 saturated heterocycles. The van der Waals surface area contributed by atoms with Gasteiger partial charge in [0.05, 0.1) is 24.7 Å². The number of benzene rings is 1. The third kappa shape index (κ3) is 4.37. The maximum atomic E-state index is 13.8. The van der Waals surface area contributed by atoms with E-state index >= 15 is 0 Å². The van der Waals surface area contributed by atoms with E-state index < -0.39 is 63.3 Å². The van der Waals surface area contributed by atoms with Crippen LogP contribution in [0.25, 0.3) is 4.85 Å². The first-order valence-electron chi connectivity index (χ1n) is 8.53. The van der Waals surface area contributed by atoms with Crippen LogP contribution in [-0.2, 0) is 16.2 Å². The number of thiazole rings is 1. The molecule has 1 fully saturated rings. The average Bonchev–Trinajstić information content (AvgIpc) is 3.24. The van der Waals surface area contributed by atoms with Gasteiger partial charge in [-0.05, 0) is 19.1 Å². The summed E-state index contributed by atoms with van der Waals surface area (Å²) in [5.74, 6) is -1.08. The van der Waals surface area contributed by atoms with Crippen molar-refractivity contribution in [2.75, 3.05) is 19.7 Å². The zero-order valence-electron chi connectivity index (χ0n) is 15.7. The van der Waals surface area contributed by atoms with Crippen molar-refractivity contribution in [3.63, 3.8) is 0 Å². The van der Waals surface area contributed by atoms with Crippen molar-refractivity contribution in [3.8, 4) is 5.75 Å². The van der Waals surface area contributed by atoms with Gasteiger partial charge in [-0.3, -0.25) is 0 Å². The Morgan fingerprint density at radius 1 is 1.45 bits per heavy atom. The van der Waals surface area contributed by atoms with Crippen molar-refractivity contribution in [2.45, 2.75) is 29.0 Å². The van der Waals surface area contributed by atoms with Crippen LogP contribution in [0.4, 0.5) is 23.2 Å². The van der Waals surface area contributed by atoms with E-state index in [0.29, 0.717) is 15.6 Å². The molecular formula is C17H15F4N3O5S2. The number of sulfonamides is 1. The summed E-state index contributed by atoms with van der Waals surface area (Å²) in [6.45, 7) is 5.71. The summed E-state index contributed by atoms with van der Waals surface area (Å²) in [5, 5.41) is 20.1. The van der Waals surface area contributed by atoms with Gasteiger partial charge < -0.3 is 14.9 Å². The van der Waals surface area contributed by atoms with Gasteiger partial charge in [-0.15, -0.1) is 11.3 Å². The number of halogens is 4. The second-order valence-electron chi connectivity index (χ2n) is 6.76. The Morgan fingerprint density at radius 2 is 2.13 bits per heavy atom. The number of hydrogen-bond acceptors (Lipinski definition) is 7. The predicted molar refractivity (Wildman–Crippen MR) is 99.7 cm³/mol. The maximum Gasteiger partial charge on any atom is 0.435 e. The first-order chi connectivity index (χ1) is 14.3. The molecule has 2 N–H and O–H groups in total. The molecule has 1 aliphatic rings. The van der Waals surface area contributed by atoms with E-state index in [1.54, 1.807) is 0 Å². The summed E-state index contributed by atoms with van der Waals surface area (Å²) in [5.41, 5.74) is -4.02. The third-order valence-corrected chi connectivity index (χ3v) is 7.82.